The van der Waals surface area contributed by atoms with Crippen LogP contribution in [0.25, 0.3) is 0 Å². The number of aliphatic hydroxyl groups excluding tert-OH is 1. The van der Waals surface area contributed by atoms with Crippen molar-refractivity contribution in [3.8, 4) is 0 Å². The first kappa shape index (κ1) is 10.5. The second-order valence-corrected chi connectivity index (χ2v) is 4.70. The summed E-state index contributed by atoms with van der Waals surface area (Å²) < 4.78 is 0. The van der Waals surface area contributed by atoms with Crippen molar-refractivity contribution in [3.05, 3.63) is 0 Å². The minimum absolute atomic E-state index is 0.0213. The molecule has 3 nitrogen and oxygen atoms in total. The fourth-order valence-corrected chi connectivity index (χ4v) is 2.43. The molecule has 1 aliphatic rings. The topological polar surface area (TPSA) is 57.5 Å². The fourth-order valence-electron chi connectivity index (χ4n) is 2.43. The summed E-state index contributed by atoms with van der Waals surface area (Å²) in [6, 6.07) is 0. The zero-order chi connectivity index (χ0) is 10.2. The van der Waals surface area contributed by atoms with Crippen molar-refractivity contribution in [1.82, 2.24) is 0 Å². The highest BCUT2D eigenvalue weighted by molar-refractivity contribution is 5.67. The predicted octanol–water partition coefficient (Wildman–Crippen LogP) is 1.50. The van der Waals surface area contributed by atoms with Crippen LogP contribution in [0.2, 0.25) is 0 Å². The van der Waals surface area contributed by atoms with E-state index in [1.807, 2.05) is 13.8 Å². The second-order valence-electron chi connectivity index (χ2n) is 4.70. The van der Waals surface area contributed by atoms with Gasteiger partial charge in [0.25, 0.3) is 0 Å². The van der Waals surface area contributed by atoms with E-state index in [1.54, 1.807) is 6.92 Å². The Morgan fingerprint density at radius 1 is 1.62 bits per heavy atom. The Labute approximate surface area is 78.8 Å². The Morgan fingerprint density at radius 3 is 2.46 bits per heavy atom. The third kappa shape index (κ3) is 1.85. The number of aliphatic hydroxyl groups is 1. The van der Waals surface area contributed by atoms with Crippen molar-refractivity contribution in [2.75, 3.05) is 0 Å². The minimum Gasteiger partial charge on any atom is -0.481 e. The van der Waals surface area contributed by atoms with E-state index < -0.39 is 5.97 Å². The minimum atomic E-state index is -0.734. The van der Waals surface area contributed by atoms with Crippen molar-refractivity contribution in [2.45, 2.75) is 39.7 Å². The lowest BCUT2D eigenvalue weighted by atomic mass is 9.52. The fraction of sp³-hybridized carbons (Fsp3) is 0.900. The van der Waals surface area contributed by atoms with Crippen molar-refractivity contribution in [1.29, 1.82) is 0 Å². The van der Waals surface area contributed by atoms with Crippen LogP contribution < -0.4 is 0 Å². The van der Waals surface area contributed by atoms with Gasteiger partial charge in [-0.1, -0.05) is 13.8 Å². The summed E-state index contributed by atoms with van der Waals surface area (Å²) in [5, 5.41) is 18.1. The van der Waals surface area contributed by atoms with E-state index >= 15 is 0 Å². The van der Waals surface area contributed by atoms with Gasteiger partial charge in [-0.3, -0.25) is 4.79 Å². The summed E-state index contributed by atoms with van der Waals surface area (Å²) in [6.07, 6.45) is 0.757. The molecule has 2 N–H and O–H groups in total. The summed E-state index contributed by atoms with van der Waals surface area (Å²) in [4.78, 5) is 10.5. The van der Waals surface area contributed by atoms with Crippen molar-refractivity contribution < 1.29 is 15.0 Å². The van der Waals surface area contributed by atoms with E-state index in [2.05, 4.69) is 0 Å². The maximum absolute atomic E-state index is 10.5. The van der Waals surface area contributed by atoms with Crippen LogP contribution >= 0.6 is 0 Å². The van der Waals surface area contributed by atoms with Crippen LogP contribution in [-0.2, 0) is 4.79 Å². The molecule has 1 unspecified atom stereocenters. The van der Waals surface area contributed by atoms with Crippen molar-refractivity contribution in [3.63, 3.8) is 0 Å². The molecular formula is C10H18O3. The summed E-state index contributed by atoms with van der Waals surface area (Å²) in [6.45, 7) is 5.87. The number of hydrogen-bond donors (Lipinski definition) is 2. The zero-order valence-electron chi connectivity index (χ0n) is 8.45. The molecule has 0 bridgehead atoms. The highest BCUT2D eigenvalue weighted by Gasteiger charge is 2.50. The third-order valence-electron chi connectivity index (χ3n) is 3.55. The Balaban J connectivity index is 2.54. The number of carbonyl (C=O) groups is 1. The maximum atomic E-state index is 10.5. The number of carboxylic acid groups (broad SMARTS) is 1. The molecule has 1 rings (SSSR count). The Kier molecular flexibility index (Phi) is 2.66. The normalized spacial score (nSPS) is 33.5. The Bertz CT molecular complexity index is 208. The average molecular weight is 186 g/mol. The molecule has 3 heteroatoms. The van der Waals surface area contributed by atoms with E-state index in [-0.39, 0.29) is 29.8 Å². The van der Waals surface area contributed by atoms with Gasteiger partial charge < -0.3 is 10.2 Å². The standard InChI is InChI=1S/C10H18O3/c1-6(11)8-4-7(5-9(12)13)10(8,2)3/h6-8,11H,4-5H2,1-3H3,(H,12,13)/t6?,7-,8+/m1/s1. The van der Waals surface area contributed by atoms with Crippen LogP contribution in [0.5, 0.6) is 0 Å². The largest absolute Gasteiger partial charge is 0.481 e. The predicted molar refractivity (Wildman–Crippen MR) is 49.3 cm³/mol. The number of hydrogen-bond acceptors (Lipinski definition) is 2. The van der Waals surface area contributed by atoms with E-state index in [4.69, 9.17) is 5.11 Å². The van der Waals surface area contributed by atoms with Gasteiger partial charge in [0.15, 0.2) is 0 Å². The van der Waals surface area contributed by atoms with E-state index in [0.29, 0.717) is 0 Å². The molecule has 1 fully saturated rings. The number of rotatable bonds is 3. The monoisotopic (exact) mass is 186 g/mol. The van der Waals surface area contributed by atoms with Crippen molar-refractivity contribution >= 4 is 5.97 Å². The van der Waals surface area contributed by atoms with Gasteiger partial charge in [0.2, 0.25) is 0 Å². The van der Waals surface area contributed by atoms with Gasteiger partial charge in [-0.05, 0) is 30.6 Å². The first-order chi connectivity index (χ1) is 5.85. The van der Waals surface area contributed by atoms with Crippen LogP contribution in [-0.4, -0.2) is 22.3 Å². The van der Waals surface area contributed by atoms with Gasteiger partial charge in [-0.2, -0.15) is 0 Å². The van der Waals surface area contributed by atoms with E-state index in [1.165, 1.54) is 0 Å². The van der Waals surface area contributed by atoms with Gasteiger partial charge in [-0.25, -0.2) is 0 Å². The molecule has 76 valence electrons. The van der Waals surface area contributed by atoms with Gasteiger partial charge >= 0.3 is 5.97 Å². The smallest absolute Gasteiger partial charge is 0.303 e. The lowest BCUT2D eigenvalue weighted by molar-refractivity contribution is -0.147. The molecule has 0 amide bonds. The van der Waals surface area contributed by atoms with Crippen LogP contribution in [0.1, 0.15) is 33.6 Å². The lowest BCUT2D eigenvalue weighted by Gasteiger charge is -2.53. The molecule has 0 aliphatic heterocycles. The summed E-state index contributed by atoms with van der Waals surface area (Å²) in [5.74, 6) is -0.247. The summed E-state index contributed by atoms with van der Waals surface area (Å²) in [7, 11) is 0. The Hall–Kier alpha value is -0.570. The lowest BCUT2D eigenvalue weighted by Crippen LogP contribution is -2.50. The molecule has 0 spiro atoms. The van der Waals surface area contributed by atoms with Crippen LogP contribution in [0.3, 0.4) is 0 Å². The first-order valence-corrected chi connectivity index (χ1v) is 4.75. The van der Waals surface area contributed by atoms with Crippen molar-refractivity contribution in [2.24, 2.45) is 17.3 Å². The number of aliphatic carboxylic acids is 1. The maximum Gasteiger partial charge on any atom is 0.303 e. The van der Waals surface area contributed by atoms with Gasteiger partial charge in [0.05, 0.1) is 6.10 Å². The molecule has 0 aromatic heterocycles. The zero-order valence-corrected chi connectivity index (χ0v) is 8.45. The van der Waals surface area contributed by atoms with Crippen LogP contribution in [0.4, 0.5) is 0 Å². The van der Waals surface area contributed by atoms with Crippen LogP contribution in [0.15, 0.2) is 0 Å². The summed E-state index contributed by atoms with van der Waals surface area (Å²) >= 11 is 0. The van der Waals surface area contributed by atoms with E-state index in [9.17, 15) is 9.90 Å². The first-order valence-electron chi connectivity index (χ1n) is 4.75. The molecule has 3 atom stereocenters. The number of carboxylic acids is 1. The molecule has 0 aromatic carbocycles. The molecule has 0 aromatic rings. The highest BCUT2D eigenvalue weighted by atomic mass is 16.4. The molecule has 0 saturated heterocycles. The van der Waals surface area contributed by atoms with Gasteiger partial charge in [0.1, 0.15) is 0 Å². The second kappa shape index (κ2) is 3.29. The third-order valence-corrected chi connectivity index (χ3v) is 3.55. The molecular weight excluding hydrogens is 168 g/mol. The van der Waals surface area contributed by atoms with Gasteiger partial charge in [-0.15, -0.1) is 0 Å². The Morgan fingerprint density at radius 2 is 2.15 bits per heavy atom. The molecule has 0 heterocycles. The molecule has 1 saturated carbocycles. The van der Waals surface area contributed by atoms with E-state index in [0.717, 1.165) is 6.42 Å². The summed E-state index contributed by atoms with van der Waals surface area (Å²) in [5.41, 5.74) is -0.0213. The average Bonchev–Trinajstić information content (AvgIpc) is 1.96. The molecule has 0 radical (unpaired) electrons. The highest BCUT2D eigenvalue weighted by Crippen LogP contribution is 2.54. The molecule has 13 heavy (non-hydrogen) atoms. The molecule has 1 aliphatic carbocycles. The SMILES string of the molecule is CC(O)[C@@H]1C[C@H](CC(=O)O)C1(C)C. The quantitative estimate of drug-likeness (QED) is 0.702. The van der Waals surface area contributed by atoms with Crippen LogP contribution in [0, 0.1) is 17.3 Å². The van der Waals surface area contributed by atoms with Gasteiger partial charge in [0, 0.05) is 6.42 Å².